The molecule has 54 valence electrons. The molecule has 0 amide bonds. The van der Waals surface area contributed by atoms with E-state index >= 15 is 0 Å². The monoisotopic (exact) mass is 334 g/mol. The summed E-state index contributed by atoms with van der Waals surface area (Å²) in [4.78, 5) is 10.2. The first kappa shape index (κ1) is 9.61. The molecule has 2 nitrogen and oxygen atoms in total. The average Bonchev–Trinajstić information content (AvgIpc) is 1.90. The number of carboxylic acid groups (broad SMARTS) is 1. The standard InChI is InChI=1S/C7H6O2.Pb.4H/c8-7(9)6-4-2-1-3-5-6;;;;;/h1-5H,(H,8,9);;;;;. The number of rotatable bonds is 1. The second kappa shape index (κ2) is 4.43. The van der Waals surface area contributed by atoms with Crippen LogP contribution >= 0.6 is 0 Å². The van der Waals surface area contributed by atoms with Crippen LogP contribution in [0, 0.1) is 0 Å². The Morgan fingerprint density at radius 2 is 1.70 bits per heavy atom. The van der Waals surface area contributed by atoms with Gasteiger partial charge in [0.2, 0.25) is 0 Å². The van der Waals surface area contributed by atoms with Crippen LogP contribution in [-0.4, -0.2) is 38.4 Å². The van der Waals surface area contributed by atoms with Crippen LogP contribution in [0.25, 0.3) is 0 Å². The summed E-state index contributed by atoms with van der Waals surface area (Å²) in [6.45, 7) is 0. The van der Waals surface area contributed by atoms with Crippen LogP contribution in [0.2, 0.25) is 0 Å². The predicted octanol–water partition coefficient (Wildman–Crippen LogP) is -0.0668. The molecule has 3 heteroatoms. The van der Waals surface area contributed by atoms with E-state index < -0.39 is 5.97 Å². The van der Waals surface area contributed by atoms with Gasteiger partial charge in [-0.2, -0.15) is 0 Å². The number of carboxylic acids is 1. The van der Waals surface area contributed by atoms with Gasteiger partial charge < -0.3 is 5.11 Å². The number of aromatic carboxylic acids is 1. The van der Waals surface area contributed by atoms with Gasteiger partial charge in [0.05, 0.1) is 5.56 Å². The van der Waals surface area contributed by atoms with E-state index in [0.29, 0.717) is 5.56 Å². The molecule has 0 unspecified atom stereocenters. The molecule has 1 N–H and O–H groups in total. The van der Waals surface area contributed by atoms with Gasteiger partial charge in [-0.3, -0.25) is 0 Å². The molecule has 0 aliphatic carbocycles. The third-order valence-corrected chi connectivity index (χ3v) is 1.02. The summed E-state index contributed by atoms with van der Waals surface area (Å²) >= 11 is 0. The van der Waals surface area contributed by atoms with Crippen LogP contribution in [0.5, 0.6) is 0 Å². The van der Waals surface area contributed by atoms with Gasteiger partial charge in [-0.15, -0.1) is 0 Å². The summed E-state index contributed by atoms with van der Waals surface area (Å²) in [5.41, 5.74) is 0.331. The zero-order valence-electron chi connectivity index (χ0n) is 4.74. The Hall–Kier alpha value is -0.388. The predicted molar refractivity (Wildman–Crippen MR) is 44.7 cm³/mol. The normalized spacial score (nSPS) is 8.00. The van der Waals surface area contributed by atoms with Crippen LogP contribution in [0.4, 0.5) is 0 Å². The van der Waals surface area contributed by atoms with Crippen LogP contribution in [0.3, 0.4) is 0 Å². The van der Waals surface area contributed by atoms with Gasteiger partial charge in [-0.25, -0.2) is 4.79 Å². The van der Waals surface area contributed by atoms with Crippen LogP contribution in [0.15, 0.2) is 30.3 Å². The van der Waals surface area contributed by atoms with Gasteiger partial charge in [0, 0.05) is 0 Å². The molecule has 1 aromatic rings. The van der Waals surface area contributed by atoms with Crippen molar-refractivity contribution in [3.05, 3.63) is 35.9 Å². The van der Waals surface area contributed by atoms with Crippen molar-refractivity contribution in [2.75, 3.05) is 0 Å². The summed E-state index contributed by atoms with van der Waals surface area (Å²) in [5.74, 6) is -0.879. The Morgan fingerprint density at radius 1 is 1.20 bits per heavy atom. The Bertz CT molecular complexity index is 208. The first-order valence-electron chi connectivity index (χ1n) is 2.59. The first-order valence-corrected chi connectivity index (χ1v) is 2.59. The number of hydrogen-bond acceptors (Lipinski definition) is 1. The molecule has 0 saturated carbocycles. The second-order valence-electron chi connectivity index (χ2n) is 1.67. The van der Waals surface area contributed by atoms with Gasteiger partial charge in [-0.1, -0.05) is 18.2 Å². The molecule has 0 saturated heterocycles. The molecule has 0 fully saturated rings. The van der Waals surface area contributed by atoms with Crippen molar-refractivity contribution in [1.82, 2.24) is 0 Å². The van der Waals surface area contributed by atoms with Crippen molar-refractivity contribution >= 4 is 33.3 Å². The summed E-state index contributed by atoms with van der Waals surface area (Å²) in [6, 6.07) is 8.30. The van der Waals surface area contributed by atoms with E-state index in [2.05, 4.69) is 0 Å². The molecule has 10 heavy (non-hydrogen) atoms. The van der Waals surface area contributed by atoms with Gasteiger partial charge in [0.25, 0.3) is 0 Å². The van der Waals surface area contributed by atoms with E-state index in [1.807, 2.05) is 0 Å². The SMILES string of the molecule is O=C(O)c1ccccc1.[PbH4]. The van der Waals surface area contributed by atoms with Gasteiger partial charge in [-0.05, 0) is 12.1 Å². The van der Waals surface area contributed by atoms with E-state index in [0.717, 1.165) is 0 Å². The zero-order valence-corrected chi connectivity index (χ0v) is 4.74. The summed E-state index contributed by atoms with van der Waals surface area (Å²) in [6.07, 6.45) is 0. The molecule has 0 atom stereocenters. The van der Waals surface area contributed by atoms with E-state index in [1.54, 1.807) is 30.3 Å². The molecule has 0 radical (unpaired) electrons. The van der Waals surface area contributed by atoms with Gasteiger partial charge in [0.1, 0.15) is 0 Å². The molecule has 0 aromatic heterocycles. The number of carbonyl (C=O) groups is 1. The molecule has 0 bridgehead atoms. The maximum absolute atomic E-state index is 10.2. The molecule has 1 aromatic carbocycles. The fourth-order valence-electron chi connectivity index (χ4n) is 0.581. The summed E-state index contributed by atoms with van der Waals surface area (Å²) in [5, 5.41) is 8.38. The van der Waals surface area contributed by atoms with E-state index in [1.165, 1.54) is 0 Å². The average molecular weight is 333 g/mol. The fraction of sp³-hybridized carbons (Fsp3) is 0. The minimum absolute atomic E-state index is 0. The maximum atomic E-state index is 10.2. The van der Waals surface area contributed by atoms with Crippen LogP contribution in [0.1, 0.15) is 10.4 Å². The van der Waals surface area contributed by atoms with Crippen molar-refractivity contribution in [1.29, 1.82) is 0 Å². The Labute approximate surface area is 79.0 Å². The summed E-state index contributed by atoms with van der Waals surface area (Å²) in [7, 11) is 0. The van der Waals surface area contributed by atoms with Gasteiger partial charge >= 0.3 is 33.3 Å². The number of hydrogen-bond donors (Lipinski definition) is 1. The molecule has 0 aliphatic heterocycles. The van der Waals surface area contributed by atoms with Gasteiger partial charge in [0.15, 0.2) is 0 Å². The van der Waals surface area contributed by atoms with Crippen molar-refractivity contribution in [2.45, 2.75) is 0 Å². The molecule has 0 spiro atoms. The minimum atomic E-state index is -0.879. The van der Waals surface area contributed by atoms with E-state index in [-0.39, 0.29) is 27.3 Å². The van der Waals surface area contributed by atoms with Crippen LogP contribution < -0.4 is 0 Å². The Balaban J connectivity index is 0.000000810. The first-order chi connectivity index (χ1) is 4.30. The third kappa shape index (κ3) is 2.47. The number of benzene rings is 1. The molecular weight excluding hydrogens is 323 g/mol. The van der Waals surface area contributed by atoms with Crippen molar-refractivity contribution in [2.24, 2.45) is 0 Å². The van der Waals surface area contributed by atoms with Crippen molar-refractivity contribution < 1.29 is 9.90 Å². The fourth-order valence-corrected chi connectivity index (χ4v) is 0.581. The van der Waals surface area contributed by atoms with E-state index in [4.69, 9.17) is 5.11 Å². The Morgan fingerprint density at radius 3 is 2.00 bits per heavy atom. The topological polar surface area (TPSA) is 37.3 Å². The zero-order chi connectivity index (χ0) is 6.69. The van der Waals surface area contributed by atoms with Crippen molar-refractivity contribution in [3.63, 3.8) is 0 Å². The molecule has 0 aliphatic rings. The van der Waals surface area contributed by atoms with E-state index in [9.17, 15) is 4.79 Å². The van der Waals surface area contributed by atoms with Crippen LogP contribution in [-0.2, 0) is 0 Å². The summed E-state index contributed by atoms with van der Waals surface area (Å²) < 4.78 is 0. The molecular formula is C7H10O2Pb. The third-order valence-electron chi connectivity index (χ3n) is 1.02. The Kier molecular flexibility index (Phi) is 4.26. The molecule has 0 heterocycles. The van der Waals surface area contributed by atoms with Crippen molar-refractivity contribution in [3.8, 4) is 0 Å². The molecule has 1 rings (SSSR count). The quantitative estimate of drug-likeness (QED) is 0.731. The second-order valence-corrected chi connectivity index (χ2v) is 1.67.